The Morgan fingerprint density at radius 2 is 2.17 bits per heavy atom. The number of carbonyl (C=O) groups excluding carboxylic acids is 1. The van der Waals surface area contributed by atoms with Crippen LogP contribution in [0.4, 0.5) is 4.79 Å². The van der Waals surface area contributed by atoms with Gasteiger partial charge in [0, 0.05) is 30.2 Å². The van der Waals surface area contributed by atoms with E-state index in [0.717, 1.165) is 18.7 Å². The second-order valence-electron chi connectivity index (χ2n) is 7.64. The number of urea groups is 1. The smallest absolute Gasteiger partial charge is 0.315 e. The third kappa shape index (κ3) is 2.94. The molecule has 2 heterocycles. The molecule has 0 unspecified atom stereocenters. The summed E-state index contributed by atoms with van der Waals surface area (Å²) in [6.07, 6.45) is 3.08. The van der Waals surface area contributed by atoms with E-state index >= 15 is 0 Å². The molecule has 1 aromatic rings. The number of nitrogens with zero attached hydrogens (tertiary/aromatic N) is 1. The van der Waals surface area contributed by atoms with Crippen molar-refractivity contribution in [1.29, 1.82) is 0 Å². The average molecular weight is 317 g/mol. The minimum Gasteiger partial charge on any atom is -0.377 e. The number of fused-ring (bicyclic) bond motifs is 1. The molecule has 23 heavy (non-hydrogen) atoms. The van der Waals surface area contributed by atoms with Gasteiger partial charge in [-0.05, 0) is 24.5 Å². The molecular formula is C18H27N3O2. The van der Waals surface area contributed by atoms with Crippen LogP contribution in [0, 0.1) is 17.3 Å². The Morgan fingerprint density at radius 1 is 1.39 bits per heavy atom. The van der Waals surface area contributed by atoms with Gasteiger partial charge >= 0.3 is 6.03 Å². The largest absolute Gasteiger partial charge is 0.377 e. The predicted octanol–water partition coefficient (Wildman–Crippen LogP) is 2.89. The van der Waals surface area contributed by atoms with Crippen LogP contribution in [0.5, 0.6) is 0 Å². The monoisotopic (exact) mass is 317 g/mol. The Kier molecular flexibility index (Phi) is 4.32. The summed E-state index contributed by atoms with van der Waals surface area (Å²) in [5.74, 6) is 0.718. The van der Waals surface area contributed by atoms with E-state index in [9.17, 15) is 4.79 Å². The highest BCUT2D eigenvalue weighted by Gasteiger charge is 2.59. The molecule has 3 rings (SSSR count). The van der Waals surface area contributed by atoms with Gasteiger partial charge in [0.05, 0.1) is 17.8 Å². The van der Waals surface area contributed by atoms with Crippen molar-refractivity contribution >= 4 is 6.03 Å². The van der Waals surface area contributed by atoms with Crippen molar-refractivity contribution in [2.75, 3.05) is 6.61 Å². The lowest BCUT2D eigenvalue weighted by Crippen LogP contribution is -2.67. The lowest BCUT2D eigenvalue weighted by atomic mass is 9.57. The first-order valence-electron chi connectivity index (χ1n) is 8.51. The molecule has 4 atom stereocenters. The second kappa shape index (κ2) is 6.11. The van der Waals surface area contributed by atoms with Gasteiger partial charge in [-0.3, -0.25) is 4.98 Å². The quantitative estimate of drug-likeness (QED) is 0.897. The Morgan fingerprint density at radius 3 is 2.83 bits per heavy atom. The average Bonchev–Trinajstić information content (AvgIpc) is 2.98. The van der Waals surface area contributed by atoms with E-state index < -0.39 is 0 Å². The Hall–Kier alpha value is -1.62. The zero-order valence-electron chi connectivity index (χ0n) is 14.4. The molecule has 1 aromatic heterocycles. The minimum absolute atomic E-state index is 0.00314. The first-order chi connectivity index (χ1) is 10.9. The molecule has 5 heteroatoms. The molecule has 126 valence electrons. The van der Waals surface area contributed by atoms with Crippen LogP contribution < -0.4 is 10.6 Å². The van der Waals surface area contributed by atoms with Crippen LogP contribution in [0.2, 0.25) is 0 Å². The van der Waals surface area contributed by atoms with Crippen molar-refractivity contribution in [3.63, 3.8) is 0 Å². The highest BCUT2D eigenvalue weighted by Crippen LogP contribution is 2.52. The van der Waals surface area contributed by atoms with Crippen molar-refractivity contribution in [3.05, 3.63) is 30.1 Å². The fourth-order valence-electron chi connectivity index (χ4n) is 4.08. The first kappa shape index (κ1) is 16.2. The number of rotatable bonds is 4. The van der Waals surface area contributed by atoms with Gasteiger partial charge in [0.25, 0.3) is 0 Å². The van der Waals surface area contributed by atoms with Gasteiger partial charge in [0.1, 0.15) is 0 Å². The molecule has 0 spiro atoms. The summed E-state index contributed by atoms with van der Waals surface area (Å²) in [5.41, 5.74) is 0.893. The number of hydrogen-bond donors (Lipinski definition) is 2. The zero-order valence-corrected chi connectivity index (χ0v) is 14.4. The lowest BCUT2D eigenvalue weighted by molar-refractivity contribution is -0.108. The summed E-state index contributed by atoms with van der Waals surface area (Å²) in [7, 11) is 0. The zero-order chi connectivity index (χ0) is 16.6. The maximum absolute atomic E-state index is 12.5. The van der Waals surface area contributed by atoms with Gasteiger partial charge < -0.3 is 15.4 Å². The molecule has 1 saturated carbocycles. The third-order valence-corrected chi connectivity index (χ3v) is 5.35. The maximum atomic E-state index is 12.5. The number of aromatic nitrogens is 1. The summed E-state index contributed by atoms with van der Waals surface area (Å²) in [6.45, 7) is 9.33. The van der Waals surface area contributed by atoms with Crippen LogP contribution in [-0.4, -0.2) is 29.8 Å². The van der Waals surface area contributed by atoms with E-state index in [-0.39, 0.29) is 35.6 Å². The van der Waals surface area contributed by atoms with Crippen molar-refractivity contribution in [1.82, 2.24) is 15.6 Å². The fraction of sp³-hybridized carbons (Fsp3) is 0.667. The van der Waals surface area contributed by atoms with E-state index in [4.69, 9.17) is 4.74 Å². The molecule has 0 bridgehead atoms. The maximum Gasteiger partial charge on any atom is 0.315 e. The van der Waals surface area contributed by atoms with Crippen molar-refractivity contribution < 1.29 is 9.53 Å². The predicted molar refractivity (Wildman–Crippen MR) is 88.9 cm³/mol. The van der Waals surface area contributed by atoms with Crippen LogP contribution in [0.3, 0.4) is 0 Å². The van der Waals surface area contributed by atoms with Gasteiger partial charge in [-0.15, -0.1) is 0 Å². The first-order valence-corrected chi connectivity index (χ1v) is 8.51. The van der Waals surface area contributed by atoms with Crippen LogP contribution in [0.25, 0.3) is 0 Å². The van der Waals surface area contributed by atoms with Crippen molar-refractivity contribution in [2.45, 2.75) is 52.3 Å². The Balaban J connectivity index is 1.64. The van der Waals surface area contributed by atoms with Crippen LogP contribution >= 0.6 is 0 Å². The summed E-state index contributed by atoms with van der Waals surface area (Å²) in [4.78, 5) is 16.9. The topological polar surface area (TPSA) is 63.2 Å². The van der Waals surface area contributed by atoms with Gasteiger partial charge in [0.2, 0.25) is 0 Å². The SMILES string of the molecule is CC(C)[C@H](NC(=O)N[C@@H]1[C@@H]2CCO[C@@H]2C1(C)C)c1ccccn1. The third-order valence-electron chi connectivity index (χ3n) is 5.35. The normalized spacial score (nSPS) is 29.5. The Bertz CT molecular complexity index is 559. The molecule has 1 saturated heterocycles. The summed E-state index contributed by atoms with van der Waals surface area (Å²) < 4.78 is 5.79. The van der Waals surface area contributed by atoms with E-state index in [1.165, 1.54) is 0 Å². The van der Waals surface area contributed by atoms with Gasteiger partial charge in [-0.2, -0.15) is 0 Å². The van der Waals surface area contributed by atoms with Crippen LogP contribution in [0.15, 0.2) is 24.4 Å². The number of nitrogens with one attached hydrogen (secondary N) is 2. The molecule has 0 radical (unpaired) electrons. The van der Waals surface area contributed by atoms with E-state index in [1.807, 2.05) is 18.2 Å². The molecule has 2 N–H and O–H groups in total. The molecule has 2 fully saturated rings. The summed E-state index contributed by atoms with van der Waals surface area (Å²) in [5, 5.41) is 6.27. The Labute approximate surface area is 138 Å². The van der Waals surface area contributed by atoms with Crippen LogP contribution in [-0.2, 0) is 4.74 Å². The van der Waals surface area contributed by atoms with E-state index in [2.05, 4.69) is 43.3 Å². The second-order valence-corrected chi connectivity index (χ2v) is 7.64. The number of amides is 2. The number of pyridine rings is 1. The fourth-order valence-corrected chi connectivity index (χ4v) is 4.08. The van der Waals surface area contributed by atoms with Crippen LogP contribution in [0.1, 0.15) is 45.9 Å². The number of hydrogen-bond acceptors (Lipinski definition) is 3. The highest BCUT2D eigenvalue weighted by molar-refractivity contribution is 5.75. The molecule has 1 aliphatic carbocycles. The molecule has 2 amide bonds. The van der Waals surface area contributed by atoms with Gasteiger partial charge in [-0.25, -0.2) is 4.79 Å². The molecule has 1 aliphatic heterocycles. The lowest BCUT2D eigenvalue weighted by Gasteiger charge is -2.54. The number of carbonyl (C=O) groups is 1. The summed E-state index contributed by atoms with van der Waals surface area (Å²) in [6, 6.07) is 5.77. The molecule has 5 nitrogen and oxygen atoms in total. The van der Waals surface area contributed by atoms with Gasteiger partial charge in [-0.1, -0.05) is 33.8 Å². The van der Waals surface area contributed by atoms with Gasteiger partial charge in [0.15, 0.2) is 0 Å². The molecule has 2 aliphatic rings. The van der Waals surface area contributed by atoms with Crippen molar-refractivity contribution in [2.24, 2.45) is 17.3 Å². The summed E-state index contributed by atoms with van der Waals surface area (Å²) >= 11 is 0. The standard InChI is InChI=1S/C18H27N3O2/c1-11(2)14(13-7-5-6-9-19-13)20-17(22)21-15-12-8-10-23-16(12)18(15,3)4/h5-7,9,11-12,14-16H,8,10H2,1-4H3,(H2,20,21,22)/t12-,14-,15+,16-/m0/s1. The number of ether oxygens (including phenoxy) is 1. The highest BCUT2D eigenvalue weighted by atomic mass is 16.5. The molecule has 0 aromatic carbocycles. The molecular weight excluding hydrogens is 290 g/mol. The van der Waals surface area contributed by atoms with E-state index in [0.29, 0.717) is 5.92 Å². The minimum atomic E-state index is -0.113. The van der Waals surface area contributed by atoms with E-state index in [1.54, 1.807) is 6.20 Å². The van der Waals surface area contributed by atoms with Crippen molar-refractivity contribution in [3.8, 4) is 0 Å².